The molecule has 2 rings (SSSR count). The molecular weight excluding hydrogens is 313 g/mol. The van der Waals surface area contributed by atoms with Gasteiger partial charge in [0.1, 0.15) is 11.8 Å². The summed E-state index contributed by atoms with van der Waals surface area (Å²) in [5.41, 5.74) is 2.15. The van der Waals surface area contributed by atoms with E-state index >= 15 is 0 Å². The molecule has 0 amide bonds. The number of rotatable bonds is 3. The van der Waals surface area contributed by atoms with Crippen molar-refractivity contribution in [2.45, 2.75) is 6.04 Å². The van der Waals surface area contributed by atoms with Gasteiger partial charge in [0.2, 0.25) is 0 Å². The Bertz CT molecular complexity index is 573. The van der Waals surface area contributed by atoms with Crippen molar-refractivity contribution in [3.8, 4) is 0 Å². The number of hydrazine groups is 1. The van der Waals surface area contributed by atoms with Crippen LogP contribution in [0, 0.1) is 17.5 Å². The molecule has 1 atom stereocenters. The van der Waals surface area contributed by atoms with Gasteiger partial charge in [0.15, 0.2) is 17.5 Å². The topological polar surface area (TPSA) is 51.2 Å². The highest BCUT2D eigenvalue weighted by molar-refractivity contribution is 9.10. The Labute approximate surface area is 109 Å². The maximum absolute atomic E-state index is 13.7. The molecular formula is C11H8BrF3N2O. The summed E-state index contributed by atoms with van der Waals surface area (Å²) in [4.78, 5) is 0. The molecule has 0 aliphatic rings. The van der Waals surface area contributed by atoms with E-state index in [1.165, 1.54) is 6.26 Å². The van der Waals surface area contributed by atoms with E-state index < -0.39 is 23.5 Å². The highest BCUT2D eigenvalue weighted by atomic mass is 79.9. The first-order chi connectivity index (χ1) is 8.56. The third-order valence-corrected chi connectivity index (χ3v) is 3.10. The van der Waals surface area contributed by atoms with Crippen LogP contribution < -0.4 is 11.3 Å². The second-order valence-corrected chi connectivity index (χ2v) is 4.35. The standard InChI is InChI=1S/C11H8BrF3N2O/c12-6-3-4-18-11(6)10(17-16)5-1-2-7(13)9(15)8(5)14/h1-4,10,17H,16H2. The highest BCUT2D eigenvalue weighted by Crippen LogP contribution is 2.31. The Morgan fingerprint density at radius 1 is 1.17 bits per heavy atom. The van der Waals surface area contributed by atoms with Gasteiger partial charge in [0.05, 0.1) is 10.7 Å². The van der Waals surface area contributed by atoms with Gasteiger partial charge in [-0.1, -0.05) is 6.07 Å². The molecule has 3 N–H and O–H groups in total. The molecule has 1 aromatic carbocycles. The quantitative estimate of drug-likeness (QED) is 0.519. The fourth-order valence-electron chi connectivity index (χ4n) is 1.58. The molecule has 7 heteroatoms. The average molecular weight is 321 g/mol. The number of nitrogens with two attached hydrogens (primary N) is 1. The van der Waals surface area contributed by atoms with Crippen LogP contribution in [-0.4, -0.2) is 0 Å². The van der Waals surface area contributed by atoms with Crippen LogP contribution >= 0.6 is 15.9 Å². The average Bonchev–Trinajstić information content (AvgIpc) is 2.77. The molecule has 0 bridgehead atoms. The van der Waals surface area contributed by atoms with E-state index in [1.807, 2.05) is 0 Å². The van der Waals surface area contributed by atoms with Gasteiger partial charge < -0.3 is 4.42 Å². The molecule has 0 aliphatic heterocycles. The maximum Gasteiger partial charge on any atom is 0.194 e. The first-order valence-electron chi connectivity index (χ1n) is 4.88. The van der Waals surface area contributed by atoms with E-state index in [9.17, 15) is 13.2 Å². The summed E-state index contributed by atoms with van der Waals surface area (Å²) in [6, 6.07) is 2.59. The highest BCUT2D eigenvalue weighted by Gasteiger charge is 2.25. The molecule has 1 heterocycles. The van der Waals surface area contributed by atoms with Crippen molar-refractivity contribution < 1.29 is 17.6 Å². The van der Waals surface area contributed by atoms with Crippen LogP contribution in [0.5, 0.6) is 0 Å². The van der Waals surface area contributed by atoms with Crippen molar-refractivity contribution in [2.24, 2.45) is 5.84 Å². The lowest BCUT2D eigenvalue weighted by Crippen LogP contribution is -2.29. The molecule has 0 saturated heterocycles. The van der Waals surface area contributed by atoms with Crippen LogP contribution in [0.15, 0.2) is 33.4 Å². The summed E-state index contributed by atoms with van der Waals surface area (Å²) >= 11 is 3.18. The lowest BCUT2D eigenvalue weighted by Gasteiger charge is -2.15. The fraction of sp³-hybridized carbons (Fsp3) is 0.0909. The van der Waals surface area contributed by atoms with Crippen LogP contribution in [0.4, 0.5) is 13.2 Å². The predicted octanol–water partition coefficient (Wildman–Crippen LogP) is 3.01. The van der Waals surface area contributed by atoms with Gasteiger partial charge in [-0.15, -0.1) is 0 Å². The van der Waals surface area contributed by atoms with Crippen LogP contribution in [0.3, 0.4) is 0 Å². The first-order valence-corrected chi connectivity index (χ1v) is 5.68. The van der Waals surface area contributed by atoms with Crippen molar-refractivity contribution >= 4 is 15.9 Å². The third-order valence-electron chi connectivity index (χ3n) is 2.45. The van der Waals surface area contributed by atoms with Gasteiger partial charge in [0.25, 0.3) is 0 Å². The van der Waals surface area contributed by atoms with E-state index in [2.05, 4.69) is 21.4 Å². The van der Waals surface area contributed by atoms with Crippen molar-refractivity contribution in [1.82, 2.24) is 5.43 Å². The van der Waals surface area contributed by atoms with E-state index in [1.54, 1.807) is 6.07 Å². The van der Waals surface area contributed by atoms with Gasteiger partial charge in [-0.3, -0.25) is 5.84 Å². The largest absolute Gasteiger partial charge is 0.466 e. The monoisotopic (exact) mass is 320 g/mol. The summed E-state index contributed by atoms with van der Waals surface area (Å²) < 4.78 is 45.3. The molecule has 96 valence electrons. The molecule has 0 spiro atoms. The lowest BCUT2D eigenvalue weighted by atomic mass is 10.0. The minimum absolute atomic E-state index is 0.146. The number of hydrogen-bond acceptors (Lipinski definition) is 3. The van der Waals surface area contributed by atoms with E-state index in [0.717, 1.165) is 12.1 Å². The summed E-state index contributed by atoms with van der Waals surface area (Å²) in [5.74, 6) is 1.47. The van der Waals surface area contributed by atoms with Crippen molar-refractivity contribution in [3.05, 3.63) is 57.7 Å². The third kappa shape index (κ3) is 2.16. The van der Waals surface area contributed by atoms with Gasteiger partial charge in [-0.2, -0.15) is 0 Å². The number of benzene rings is 1. The SMILES string of the molecule is NNC(c1ccc(F)c(F)c1F)c1occc1Br. The second kappa shape index (κ2) is 5.13. The molecule has 3 nitrogen and oxygen atoms in total. The minimum atomic E-state index is -1.55. The molecule has 0 aliphatic carbocycles. The zero-order valence-electron chi connectivity index (χ0n) is 8.88. The van der Waals surface area contributed by atoms with E-state index in [0.29, 0.717) is 4.47 Å². The van der Waals surface area contributed by atoms with Crippen LogP contribution in [-0.2, 0) is 0 Å². The molecule has 1 unspecified atom stereocenters. The number of nitrogens with one attached hydrogen (secondary N) is 1. The minimum Gasteiger partial charge on any atom is -0.466 e. The van der Waals surface area contributed by atoms with Gasteiger partial charge >= 0.3 is 0 Å². The Morgan fingerprint density at radius 2 is 1.89 bits per heavy atom. The van der Waals surface area contributed by atoms with Gasteiger partial charge in [-0.25, -0.2) is 18.6 Å². The normalized spacial score (nSPS) is 12.7. The predicted molar refractivity (Wildman–Crippen MR) is 61.9 cm³/mol. The summed E-state index contributed by atoms with van der Waals surface area (Å²) in [5, 5.41) is 0. The van der Waals surface area contributed by atoms with Crippen molar-refractivity contribution in [3.63, 3.8) is 0 Å². The summed E-state index contributed by atoms with van der Waals surface area (Å²) in [7, 11) is 0. The lowest BCUT2D eigenvalue weighted by molar-refractivity contribution is 0.411. The summed E-state index contributed by atoms with van der Waals surface area (Å²) in [6.07, 6.45) is 1.36. The molecule has 1 aromatic heterocycles. The van der Waals surface area contributed by atoms with Crippen molar-refractivity contribution in [2.75, 3.05) is 0 Å². The Morgan fingerprint density at radius 3 is 2.44 bits per heavy atom. The number of hydrogen-bond donors (Lipinski definition) is 2. The van der Waals surface area contributed by atoms with Crippen LogP contribution in [0.2, 0.25) is 0 Å². The Hall–Kier alpha value is -1.31. The van der Waals surface area contributed by atoms with Gasteiger partial charge in [-0.05, 0) is 28.1 Å². The smallest absolute Gasteiger partial charge is 0.194 e. The Kier molecular flexibility index (Phi) is 3.74. The number of furan rings is 1. The first kappa shape index (κ1) is 13.1. The van der Waals surface area contributed by atoms with E-state index in [4.69, 9.17) is 10.3 Å². The summed E-state index contributed by atoms with van der Waals surface area (Å²) in [6.45, 7) is 0. The van der Waals surface area contributed by atoms with Gasteiger partial charge in [0, 0.05) is 5.56 Å². The van der Waals surface area contributed by atoms with Crippen LogP contribution in [0.1, 0.15) is 17.4 Å². The molecule has 2 aromatic rings. The maximum atomic E-state index is 13.7. The number of halogens is 4. The zero-order valence-corrected chi connectivity index (χ0v) is 10.5. The second-order valence-electron chi connectivity index (χ2n) is 3.50. The van der Waals surface area contributed by atoms with Crippen LogP contribution in [0.25, 0.3) is 0 Å². The molecule has 0 radical (unpaired) electrons. The Balaban J connectivity index is 2.53. The van der Waals surface area contributed by atoms with E-state index in [-0.39, 0.29) is 11.3 Å². The fourth-order valence-corrected chi connectivity index (χ4v) is 2.01. The molecule has 18 heavy (non-hydrogen) atoms. The van der Waals surface area contributed by atoms with Crippen molar-refractivity contribution in [1.29, 1.82) is 0 Å². The molecule has 0 fully saturated rings. The zero-order chi connectivity index (χ0) is 13.3. The molecule has 0 saturated carbocycles.